The van der Waals surface area contributed by atoms with Crippen LogP contribution < -0.4 is 0 Å². The molecule has 0 aliphatic heterocycles. The lowest BCUT2D eigenvalue weighted by Gasteiger charge is -2.18. The number of allylic oxidation sites excluding steroid dienone is 10. The van der Waals surface area contributed by atoms with E-state index >= 15 is 0 Å². The Morgan fingerprint density at radius 2 is 0.549 bits per heavy atom. The second-order valence-electron chi connectivity index (χ2n) is 20.6. The van der Waals surface area contributed by atoms with Crippen LogP contribution in [0.3, 0.4) is 0 Å². The fraction of sp³-hybridized carbons (Fsp3) is 0.800. The van der Waals surface area contributed by atoms with Crippen molar-refractivity contribution in [1.29, 1.82) is 0 Å². The average Bonchev–Trinajstić information content (AvgIpc) is 3.37. The summed E-state index contributed by atoms with van der Waals surface area (Å²) in [6, 6.07) is 0. The third-order valence-corrected chi connectivity index (χ3v) is 13.5. The molecule has 71 heavy (non-hydrogen) atoms. The zero-order chi connectivity index (χ0) is 51.4. The van der Waals surface area contributed by atoms with Gasteiger partial charge in [-0.3, -0.25) is 14.4 Å². The predicted molar refractivity (Wildman–Crippen MR) is 307 cm³/mol. The van der Waals surface area contributed by atoms with E-state index in [1.165, 1.54) is 186 Å². The molecule has 0 aromatic heterocycles. The van der Waals surface area contributed by atoms with Crippen LogP contribution in [0.15, 0.2) is 60.8 Å². The minimum atomic E-state index is -0.775. The van der Waals surface area contributed by atoms with E-state index in [0.717, 1.165) is 89.9 Å². The summed E-state index contributed by atoms with van der Waals surface area (Å²) in [5.74, 6) is -0.868. The molecule has 1 unspecified atom stereocenters. The van der Waals surface area contributed by atoms with Crippen molar-refractivity contribution in [2.45, 2.75) is 322 Å². The second kappa shape index (κ2) is 59.7. The Morgan fingerprint density at radius 3 is 0.873 bits per heavy atom. The van der Waals surface area contributed by atoms with Crippen LogP contribution in [-0.2, 0) is 28.6 Å². The summed E-state index contributed by atoms with van der Waals surface area (Å²) in [6.07, 6.45) is 75.1. The van der Waals surface area contributed by atoms with E-state index in [0.29, 0.717) is 19.3 Å². The Balaban J connectivity index is 4.20. The zero-order valence-corrected chi connectivity index (χ0v) is 47.2. The molecule has 0 saturated heterocycles. The third kappa shape index (κ3) is 57.9. The topological polar surface area (TPSA) is 78.9 Å². The van der Waals surface area contributed by atoms with Crippen LogP contribution >= 0.6 is 0 Å². The van der Waals surface area contributed by atoms with Gasteiger partial charge >= 0.3 is 17.9 Å². The number of esters is 3. The number of ether oxygens (including phenoxy) is 3. The van der Waals surface area contributed by atoms with E-state index < -0.39 is 6.10 Å². The second-order valence-corrected chi connectivity index (χ2v) is 20.6. The molecule has 1 atom stereocenters. The molecule has 412 valence electrons. The lowest BCUT2D eigenvalue weighted by molar-refractivity contribution is -0.167. The molecular weight excluding hydrogens is 877 g/mol. The molecular formula is C65H116O6. The Bertz CT molecular complexity index is 1280. The summed E-state index contributed by atoms with van der Waals surface area (Å²) in [5, 5.41) is 0. The van der Waals surface area contributed by atoms with Crippen molar-refractivity contribution in [3.8, 4) is 0 Å². The van der Waals surface area contributed by atoms with E-state index in [2.05, 4.69) is 81.5 Å². The minimum absolute atomic E-state index is 0.0734. The van der Waals surface area contributed by atoms with Crippen LogP contribution in [0.4, 0.5) is 0 Å². The maximum Gasteiger partial charge on any atom is 0.306 e. The fourth-order valence-corrected chi connectivity index (χ4v) is 8.90. The molecule has 0 rings (SSSR count). The molecule has 0 amide bonds. The van der Waals surface area contributed by atoms with Crippen LogP contribution in [-0.4, -0.2) is 37.2 Å². The van der Waals surface area contributed by atoms with Gasteiger partial charge in [0.2, 0.25) is 0 Å². The Kier molecular flexibility index (Phi) is 57.2. The van der Waals surface area contributed by atoms with Gasteiger partial charge in [0.15, 0.2) is 6.10 Å². The quantitative estimate of drug-likeness (QED) is 0.0261. The van der Waals surface area contributed by atoms with Crippen molar-refractivity contribution in [3.63, 3.8) is 0 Å². The Hall–Kier alpha value is -2.89. The molecule has 0 N–H and O–H groups in total. The molecule has 0 fully saturated rings. The smallest absolute Gasteiger partial charge is 0.306 e. The number of hydrogen-bond donors (Lipinski definition) is 0. The first-order chi connectivity index (χ1) is 35.0. The van der Waals surface area contributed by atoms with Crippen molar-refractivity contribution in [2.24, 2.45) is 0 Å². The summed E-state index contributed by atoms with van der Waals surface area (Å²) in [5.41, 5.74) is 0. The standard InChI is InChI=1S/C65H116O6/c1-4-7-10-13-16-19-22-24-26-27-28-29-30-31-32-33-34-35-36-37-39-40-43-46-49-52-55-58-64(67)70-61-62(60-69-63(66)57-54-51-48-45-42-21-18-15-12-9-6-3)71-65(68)59-56-53-50-47-44-41-38-25-23-20-17-14-11-8-5-2/h7,10,16,19,24-26,28-29,38,62H,4-6,8-9,11-15,17-18,20-23,27,30-37,39-61H2,1-3H3/b10-7-,19-16-,26-24-,29-28-,38-25-. The van der Waals surface area contributed by atoms with Crippen LogP contribution in [0, 0.1) is 0 Å². The van der Waals surface area contributed by atoms with Crippen molar-refractivity contribution >= 4 is 17.9 Å². The van der Waals surface area contributed by atoms with Crippen LogP contribution in [0.2, 0.25) is 0 Å². The highest BCUT2D eigenvalue weighted by molar-refractivity contribution is 5.71. The molecule has 0 aromatic rings. The molecule has 0 saturated carbocycles. The highest BCUT2D eigenvalue weighted by atomic mass is 16.6. The third-order valence-electron chi connectivity index (χ3n) is 13.5. The molecule has 0 aliphatic rings. The summed E-state index contributed by atoms with van der Waals surface area (Å²) in [6.45, 7) is 6.54. The van der Waals surface area contributed by atoms with Gasteiger partial charge in [-0.1, -0.05) is 274 Å². The first-order valence-electron chi connectivity index (χ1n) is 30.8. The SMILES string of the molecule is CC/C=C\C/C=C\C/C=C\C/C=C\CCCCCCCCCCCCCCCCC(=O)OCC(COC(=O)CCCCCCCCCCCCC)OC(=O)CCCCCCC/C=C\CCCCCCCC. The molecule has 0 heterocycles. The van der Waals surface area contributed by atoms with E-state index in [9.17, 15) is 14.4 Å². The van der Waals surface area contributed by atoms with Gasteiger partial charge in [-0.15, -0.1) is 0 Å². The number of carbonyl (C=O) groups is 3. The summed E-state index contributed by atoms with van der Waals surface area (Å²) in [4.78, 5) is 38.2. The van der Waals surface area contributed by atoms with Gasteiger partial charge in [0.05, 0.1) is 0 Å². The Morgan fingerprint density at radius 1 is 0.296 bits per heavy atom. The van der Waals surface area contributed by atoms with Crippen molar-refractivity contribution in [3.05, 3.63) is 60.8 Å². The average molecular weight is 994 g/mol. The highest BCUT2D eigenvalue weighted by Crippen LogP contribution is 2.17. The van der Waals surface area contributed by atoms with E-state index in [1.807, 2.05) is 0 Å². The van der Waals surface area contributed by atoms with Gasteiger partial charge in [-0.2, -0.15) is 0 Å². The summed E-state index contributed by atoms with van der Waals surface area (Å²) < 4.78 is 16.9. The van der Waals surface area contributed by atoms with E-state index in [4.69, 9.17) is 14.2 Å². The van der Waals surface area contributed by atoms with Gasteiger partial charge in [0, 0.05) is 19.3 Å². The molecule has 6 heteroatoms. The normalized spacial score (nSPS) is 12.4. The van der Waals surface area contributed by atoms with E-state index in [-0.39, 0.29) is 31.1 Å². The number of rotatable bonds is 56. The Labute approximate surface area is 440 Å². The summed E-state index contributed by atoms with van der Waals surface area (Å²) >= 11 is 0. The van der Waals surface area contributed by atoms with Gasteiger partial charge < -0.3 is 14.2 Å². The molecule has 0 aliphatic carbocycles. The van der Waals surface area contributed by atoms with Gasteiger partial charge in [0.25, 0.3) is 0 Å². The van der Waals surface area contributed by atoms with E-state index in [1.54, 1.807) is 0 Å². The van der Waals surface area contributed by atoms with Crippen molar-refractivity contribution in [1.82, 2.24) is 0 Å². The first-order valence-corrected chi connectivity index (χ1v) is 30.8. The molecule has 0 aromatic carbocycles. The largest absolute Gasteiger partial charge is 0.462 e. The molecule has 6 nitrogen and oxygen atoms in total. The molecule has 0 radical (unpaired) electrons. The molecule has 0 bridgehead atoms. The van der Waals surface area contributed by atoms with Gasteiger partial charge in [-0.05, 0) is 83.5 Å². The fourth-order valence-electron chi connectivity index (χ4n) is 8.90. The monoisotopic (exact) mass is 993 g/mol. The van der Waals surface area contributed by atoms with Gasteiger partial charge in [-0.25, -0.2) is 0 Å². The zero-order valence-electron chi connectivity index (χ0n) is 47.2. The van der Waals surface area contributed by atoms with Gasteiger partial charge in [0.1, 0.15) is 13.2 Å². The number of hydrogen-bond acceptors (Lipinski definition) is 6. The lowest BCUT2D eigenvalue weighted by atomic mass is 10.0. The van der Waals surface area contributed by atoms with Crippen LogP contribution in [0.5, 0.6) is 0 Å². The highest BCUT2D eigenvalue weighted by Gasteiger charge is 2.19. The van der Waals surface area contributed by atoms with Crippen LogP contribution in [0.1, 0.15) is 316 Å². The van der Waals surface area contributed by atoms with Crippen molar-refractivity contribution < 1.29 is 28.6 Å². The predicted octanol–water partition coefficient (Wildman–Crippen LogP) is 20.8. The maximum absolute atomic E-state index is 12.8. The minimum Gasteiger partial charge on any atom is -0.462 e. The number of unbranched alkanes of at least 4 members (excludes halogenated alkanes) is 35. The van der Waals surface area contributed by atoms with Crippen LogP contribution in [0.25, 0.3) is 0 Å². The lowest BCUT2D eigenvalue weighted by Crippen LogP contribution is -2.30. The molecule has 0 spiro atoms. The maximum atomic E-state index is 12.8. The number of carbonyl (C=O) groups excluding carboxylic acids is 3. The summed E-state index contributed by atoms with van der Waals surface area (Å²) in [7, 11) is 0. The van der Waals surface area contributed by atoms with Crippen molar-refractivity contribution in [2.75, 3.05) is 13.2 Å². The first kappa shape index (κ1) is 68.1.